The van der Waals surface area contributed by atoms with Crippen molar-refractivity contribution in [3.8, 4) is 11.5 Å². The lowest BCUT2D eigenvalue weighted by atomic mass is 10.1. The molecule has 2 aromatic rings. The lowest BCUT2D eigenvalue weighted by Gasteiger charge is -2.21. The van der Waals surface area contributed by atoms with E-state index >= 15 is 0 Å². The molecule has 7 heteroatoms. The van der Waals surface area contributed by atoms with Gasteiger partial charge in [-0.15, -0.1) is 0 Å². The van der Waals surface area contributed by atoms with Crippen LogP contribution in [-0.2, 0) is 16.0 Å². The van der Waals surface area contributed by atoms with Crippen LogP contribution in [0.4, 0.5) is 0 Å². The fourth-order valence-corrected chi connectivity index (χ4v) is 3.23. The summed E-state index contributed by atoms with van der Waals surface area (Å²) < 4.78 is 16.3. The zero-order valence-corrected chi connectivity index (χ0v) is 16.8. The zero-order chi connectivity index (χ0) is 19.6. The van der Waals surface area contributed by atoms with E-state index in [0.29, 0.717) is 31.6 Å². The number of nitrogens with zero attached hydrogens (tertiary/aromatic N) is 3. The van der Waals surface area contributed by atoms with E-state index in [4.69, 9.17) is 18.9 Å². The summed E-state index contributed by atoms with van der Waals surface area (Å²) in [6, 6.07) is 9.91. The number of ether oxygens (including phenoxy) is 2. The number of hydrogen-bond donors (Lipinski definition) is 1. The summed E-state index contributed by atoms with van der Waals surface area (Å²) in [6.45, 7) is 7.40. The number of hydrogen-bond acceptors (Lipinski definition) is 5. The molecule has 1 aromatic carbocycles. The van der Waals surface area contributed by atoms with Gasteiger partial charge in [-0.05, 0) is 25.5 Å². The van der Waals surface area contributed by atoms with Gasteiger partial charge in [-0.25, -0.2) is 9.98 Å². The van der Waals surface area contributed by atoms with Gasteiger partial charge in [0.15, 0.2) is 5.96 Å². The largest absolute Gasteiger partial charge is 0.444 e. The first kappa shape index (κ1) is 20.4. The molecule has 28 heavy (non-hydrogen) atoms. The molecule has 1 N–H and O–H groups in total. The third-order valence-electron chi connectivity index (χ3n) is 4.67. The molecule has 2 heterocycles. The van der Waals surface area contributed by atoms with Crippen molar-refractivity contribution in [2.75, 3.05) is 46.6 Å². The highest BCUT2D eigenvalue weighted by Crippen LogP contribution is 2.19. The van der Waals surface area contributed by atoms with Crippen LogP contribution in [0, 0.1) is 5.92 Å². The number of likely N-dealkylation sites (tertiary alicyclic amines) is 1. The number of nitrogens with one attached hydrogen (secondary N) is 1. The van der Waals surface area contributed by atoms with E-state index in [1.165, 1.54) is 0 Å². The highest BCUT2D eigenvalue weighted by Gasteiger charge is 2.25. The minimum atomic E-state index is 0.490. The van der Waals surface area contributed by atoms with E-state index < -0.39 is 0 Å². The molecule has 1 aliphatic rings. The van der Waals surface area contributed by atoms with E-state index in [1.54, 1.807) is 13.4 Å². The fraction of sp³-hybridized carbons (Fsp3) is 0.524. The maximum Gasteiger partial charge on any atom is 0.226 e. The molecule has 1 fully saturated rings. The average molecular weight is 386 g/mol. The van der Waals surface area contributed by atoms with Gasteiger partial charge >= 0.3 is 0 Å². The molecular formula is C21H30N4O3. The summed E-state index contributed by atoms with van der Waals surface area (Å²) in [4.78, 5) is 11.6. The Balaban J connectivity index is 1.55. The molecular weight excluding hydrogens is 356 g/mol. The van der Waals surface area contributed by atoms with Crippen molar-refractivity contribution in [2.45, 2.75) is 19.9 Å². The van der Waals surface area contributed by atoms with Gasteiger partial charge in [-0.1, -0.05) is 18.2 Å². The Morgan fingerprint density at radius 3 is 2.96 bits per heavy atom. The number of guanidine groups is 1. The molecule has 1 atom stereocenters. The molecule has 1 unspecified atom stereocenters. The summed E-state index contributed by atoms with van der Waals surface area (Å²) in [6.07, 6.45) is 2.80. The summed E-state index contributed by atoms with van der Waals surface area (Å²) in [7, 11) is 1.69. The molecule has 0 bridgehead atoms. The number of aliphatic imine (C=N–C) groups is 1. The molecule has 0 amide bonds. The molecule has 1 saturated heterocycles. The second kappa shape index (κ2) is 10.8. The average Bonchev–Trinajstić information content (AvgIpc) is 3.39. The maximum absolute atomic E-state index is 5.69. The Bertz CT molecular complexity index is 732. The summed E-state index contributed by atoms with van der Waals surface area (Å²) >= 11 is 0. The first-order valence-electron chi connectivity index (χ1n) is 9.90. The molecule has 1 aliphatic heterocycles. The zero-order valence-electron chi connectivity index (χ0n) is 16.8. The van der Waals surface area contributed by atoms with Gasteiger partial charge in [0, 0.05) is 38.2 Å². The molecule has 0 spiro atoms. The molecule has 3 rings (SSSR count). The van der Waals surface area contributed by atoms with Gasteiger partial charge in [0.05, 0.1) is 26.4 Å². The maximum atomic E-state index is 5.69. The van der Waals surface area contributed by atoms with Crippen LogP contribution in [-0.4, -0.2) is 62.4 Å². The molecule has 0 radical (unpaired) electrons. The molecule has 0 aliphatic carbocycles. The summed E-state index contributed by atoms with van der Waals surface area (Å²) in [5.41, 5.74) is 1.80. The first-order valence-corrected chi connectivity index (χ1v) is 9.90. The lowest BCUT2D eigenvalue weighted by Crippen LogP contribution is -2.40. The Hall–Kier alpha value is -2.38. The van der Waals surface area contributed by atoms with Crippen LogP contribution in [0.5, 0.6) is 0 Å². The Kier molecular flexibility index (Phi) is 7.87. The van der Waals surface area contributed by atoms with Gasteiger partial charge < -0.3 is 24.1 Å². The number of aromatic nitrogens is 1. The van der Waals surface area contributed by atoms with Crippen LogP contribution in [0.1, 0.15) is 19.0 Å². The standard InChI is InChI=1S/C21H30N4O3/c1-3-22-21(25-10-9-17(14-25)15-27-12-11-26-2)23-13-19-16-28-20(24-19)18-7-5-4-6-8-18/h4-8,16-17H,3,9-15H2,1-2H3,(H,22,23). The normalized spacial score (nSPS) is 17.3. The van der Waals surface area contributed by atoms with Crippen LogP contribution >= 0.6 is 0 Å². The second-order valence-electron chi connectivity index (χ2n) is 6.85. The van der Waals surface area contributed by atoms with E-state index in [1.807, 2.05) is 30.3 Å². The molecule has 152 valence electrons. The van der Waals surface area contributed by atoms with Crippen LogP contribution < -0.4 is 5.32 Å². The van der Waals surface area contributed by atoms with Crippen LogP contribution in [0.25, 0.3) is 11.5 Å². The minimum Gasteiger partial charge on any atom is -0.444 e. The van der Waals surface area contributed by atoms with Gasteiger partial charge in [0.25, 0.3) is 0 Å². The van der Waals surface area contributed by atoms with E-state index in [0.717, 1.165) is 49.9 Å². The van der Waals surface area contributed by atoms with Gasteiger partial charge in [0.1, 0.15) is 12.0 Å². The van der Waals surface area contributed by atoms with Crippen molar-refractivity contribution in [1.82, 2.24) is 15.2 Å². The number of rotatable bonds is 9. The van der Waals surface area contributed by atoms with Crippen molar-refractivity contribution in [1.29, 1.82) is 0 Å². The third-order valence-corrected chi connectivity index (χ3v) is 4.67. The quantitative estimate of drug-likeness (QED) is 0.406. The van der Waals surface area contributed by atoms with Crippen LogP contribution in [0.15, 0.2) is 46.0 Å². The third kappa shape index (κ3) is 5.81. The Morgan fingerprint density at radius 1 is 1.32 bits per heavy atom. The van der Waals surface area contributed by atoms with Crippen LogP contribution in [0.3, 0.4) is 0 Å². The van der Waals surface area contributed by atoms with E-state index in [-0.39, 0.29) is 0 Å². The smallest absolute Gasteiger partial charge is 0.226 e. The molecule has 0 saturated carbocycles. The lowest BCUT2D eigenvalue weighted by molar-refractivity contribution is 0.0536. The van der Waals surface area contributed by atoms with Crippen molar-refractivity contribution in [2.24, 2.45) is 10.9 Å². The van der Waals surface area contributed by atoms with Crippen molar-refractivity contribution in [3.63, 3.8) is 0 Å². The molecule has 7 nitrogen and oxygen atoms in total. The van der Waals surface area contributed by atoms with E-state index in [9.17, 15) is 0 Å². The Labute approximate surface area is 166 Å². The highest BCUT2D eigenvalue weighted by molar-refractivity contribution is 5.80. The fourth-order valence-electron chi connectivity index (χ4n) is 3.23. The monoisotopic (exact) mass is 386 g/mol. The SMILES string of the molecule is CCNC(=NCc1coc(-c2ccccc2)n1)N1CCC(COCCOC)C1. The van der Waals surface area contributed by atoms with Gasteiger partial charge in [0.2, 0.25) is 5.89 Å². The van der Waals surface area contributed by atoms with Crippen molar-refractivity contribution >= 4 is 5.96 Å². The van der Waals surface area contributed by atoms with Crippen molar-refractivity contribution < 1.29 is 13.9 Å². The van der Waals surface area contributed by atoms with Gasteiger partial charge in [-0.3, -0.25) is 0 Å². The van der Waals surface area contributed by atoms with Crippen molar-refractivity contribution in [3.05, 3.63) is 42.3 Å². The first-order chi connectivity index (χ1) is 13.8. The predicted molar refractivity (Wildman–Crippen MR) is 109 cm³/mol. The van der Waals surface area contributed by atoms with E-state index in [2.05, 4.69) is 22.1 Å². The summed E-state index contributed by atoms with van der Waals surface area (Å²) in [5.74, 6) is 2.08. The number of benzene rings is 1. The number of oxazole rings is 1. The van der Waals surface area contributed by atoms with Gasteiger partial charge in [-0.2, -0.15) is 0 Å². The number of methoxy groups -OCH3 is 1. The second-order valence-corrected chi connectivity index (χ2v) is 6.85. The summed E-state index contributed by atoms with van der Waals surface area (Å²) in [5, 5.41) is 3.39. The Morgan fingerprint density at radius 2 is 2.18 bits per heavy atom. The highest BCUT2D eigenvalue weighted by atomic mass is 16.5. The predicted octanol–water partition coefficient (Wildman–Crippen LogP) is 2.79. The van der Waals surface area contributed by atoms with Crippen LogP contribution in [0.2, 0.25) is 0 Å². The topological polar surface area (TPSA) is 72.1 Å². The minimum absolute atomic E-state index is 0.490. The molecule has 1 aromatic heterocycles.